The zero-order chi connectivity index (χ0) is 14.8. The number of nitriles is 1. The first-order valence-electron chi connectivity index (χ1n) is 6.69. The molecule has 106 valence electrons. The number of carbonyl (C=O) groups is 1. The van der Waals surface area contributed by atoms with Crippen molar-refractivity contribution >= 4 is 11.6 Å². The average Bonchev–Trinajstić information content (AvgIpc) is 2.95. The number of hydrogen-bond donors (Lipinski definition) is 0. The molecule has 1 aliphatic rings. The van der Waals surface area contributed by atoms with Gasteiger partial charge in [-0.05, 0) is 19.1 Å². The standard InChI is InChI=1S/C15H14N4O2/c1-11-15(20)19(12-4-2-3-5-13(12)21-11)9-8-18-7-6-17-14(18)10-16/h2-7,11H,8-9H2,1H3. The first kappa shape index (κ1) is 13.2. The molecule has 2 heterocycles. The first-order valence-corrected chi connectivity index (χ1v) is 6.69. The second-order valence-electron chi connectivity index (χ2n) is 4.77. The van der Waals surface area contributed by atoms with Gasteiger partial charge < -0.3 is 14.2 Å². The number of fused-ring (bicyclic) bond motifs is 1. The number of hydrogen-bond acceptors (Lipinski definition) is 4. The number of amides is 1. The summed E-state index contributed by atoms with van der Waals surface area (Å²) in [4.78, 5) is 18.0. The molecule has 3 rings (SSSR count). The summed E-state index contributed by atoms with van der Waals surface area (Å²) in [6.07, 6.45) is 2.81. The van der Waals surface area contributed by atoms with E-state index in [0.717, 1.165) is 5.69 Å². The fourth-order valence-electron chi connectivity index (χ4n) is 2.40. The van der Waals surface area contributed by atoms with Crippen molar-refractivity contribution in [1.29, 1.82) is 5.26 Å². The minimum absolute atomic E-state index is 0.0766. The van der Waals surface area contributed by atoms with Crippen LogP contribution >= 0.6 is 0 Å². The number of para-hydroxylation sites is 2. The van der Waals surface area contributed by atoms with Gasteiger partial charge in [0.05, 0.1) is 5.69 Å². The van der Waals surface area contributed by atoms with Crippen LogP contribution in [0.4, 0.5) is 5.69 Å². The van der Waals surface area contributed by atoms with Gasteiger partial charge in [0.15, 0.2) is 6.10 Å². The maximum atomic E-state index is 12.3. The Balaban J connectivity index is 1.84. The SMILES string of the molecule is CC1Oc2ccccc2N(CCn2ccnc2C#N)C1=O. The van der Waals surface area contributed by atoms with Crippen LogP contribution in [0.5, 0.6) is 5.75 Å². The van der Waals surface area contributed by atoms with E-state index in [2.05, 4.69) is 4.98 Å². The highest BCUT2D eigenvalue weighted by Crippen LogP contribution is 2.33. The van der Waals surface area contributed by atoms with Gasteiger partial charge in [0.2, 0.25) is 5.82 Å². The molecular weight excluding hydrogens is 268 g/mol. The second kappa shape index (κ2) is 5.29. The van der Waals surface area contributed by atoms with Crippen LogP contribution in [-0.2, 0) is 11.3 Å². The van der Waals surface area contributed by atoms with Gasteiger partial charge in [-0.3, -0.25) is 4.79 Å². The summed E-state index contributed by atoms with van der Waals surface area (Å²) in [5, 5.41) is 8.96. The number of aromatic nitrogens is 2. The quantitative estimate of drug-likeness (QED) is 0.856. The van der Waals surface area contributed by atoms with E-state index in [9.17, 15) is 4.79 Å². The molecule has 0 bridgehead atoms. The summed E-state index contributed by atoms with van der Waals surface area (Å²) in [6, 6.07) is 9.49. The molecule has 0 spiro atoms. The Bertz CT molecular complexity index is 716. The molecule has 0 fully saturated rings. The third kappa shape index (κ3) is 2.34. The third-order valence-electron chi connectivity index (χ3n) is 3.45. The van der Waals surface area contributed by atoms with Crippen molar-refractivity contribution in [3.63, 3.8) is 0 Å². The van der Waals surface area contributed by atoms with Gasteiger partial charge in [-0.15, -0.1) is 0 Å². The van der Waals surface area contributed by atoms with Gasteiger partial charge in [0.1, 0.15) is 11.8 Å². The van der Waals surface area contributed by atoms with E-state index in [-0.39, 0.29) is 5.91 Å². The molecule has 1 atom stereocenters. The summed E-state index contributed by atoms with van der Waals surface area (Å²) in [7, 11) is 0. The number of carbonyl (C=O) groups excluding carboxylic acids is 1. The Hall–Kier alpha value is -2.81. The highest BCUT2D eigenvalue weighted by atomic mass is 16.5. The molecule has 0 N–H and O–H groups in total. The summed E-state index contributed by atoms with van der Waals surface area (Å²) < 4.78 is 7.33. The predicted molar refractivity (Wildman–Crippen MR) is 75.8 cm³/mol. The maximum absolute atomic E-state index is 12.3. The monoisotopic (exact) mass is 282 g/mol. The van der Waals surface area contributed by atoms with Crippen LogP contribution in [0.2, 0.25) is 0 Å². The number of ether oxygens (including phenoxy) is 1. The minimum Gasteiger partial charge on any atom is -0.479 e. The normalized spacial score (nSPS) is 17.0. The fraction of sp³-hybridized carbons (Fsp3) is 0.267. The van der Waals surface area contributed by atoms with Crippen molar-refractivity contribution in [1.82, 2.24) is 9.55 Å². The largest absolute Gasteiger partial charge is 0.479 e. The lowest BCUT2D eigenvalue weighted by Crippen LogP contribution is -2.45. The zero-order valence-electron chi connectivity index (χ0n) is 11.6. The van der Waals surface area contributed by atoms with Crippen LogP contribution in [0.1, 0.15) is 12.7 Å². The van der Waals surface area contributed by atoms with Gasteiger partial charge in [-0.2, -0.15) is 5.26 Å². The molecular formula is C15H14N4O2. The summed E-state index contributed by atoms with van der Waals surface area (Å²) in [6.45, 7) is 2.72. The van der Waals surface area contributed by atoms with Crippen LogP contribution in [0.3, 0.4) is 0 Å². The number of benzene rings is 1. The zero-order valence-corrected chi connectivity index (χ0v) is 11.6. The van der Waals surface area contributed by atoms with E-state index < -0.39 is 6.10 Å². The molecule has 0 saturated heterocycles. The highest BCUT2D eigenvalue weighted by Gasteiger charge is 2.30. The molecule has 0 radical (unpaired) electrons. The van der Waals surface area contributed by atoms with Crippen molar-refractivity contribution in [3.8, 4) is 11.8 Å². The van der Waals surface area contributed by atoms with Crippen LogP contribution in [-0.4, -0.2) is 28.1 Å². The Labute approximate surface area is 122 Å². The maximum Gasteiger partial charge on any atom is 0.267 e. The van der Waals surface area contributed by atoms with Gasteiger partial charge in [-0.25, -0.2) is 4.98 Å². The molecule has 21 heavy (non-hydrogen) atoms. The Morgan fingerprint density at radius 3 is 3.00 bits per heavy atom. The minimum atomic E-state index is -0.502. The van der Waals surface area contributed by atoms with Crippen LogP contribution < -0.4 is 9.64 Å². The lowest BCUT2D eigenvalue weighted by Gasteiger charge is -2.33. The predicted octanol–water partition coefficient (Wildman–Crippen LogP) is 1.57. The van der Waals surface area contributed by atoms with Crippen LogP contribution in [0.15, 0.2) is 36.7 Å². The van der Waals surface area contributed by atoms with E-state index in [0.29, 0.717) is 24.7 Å². The fourth-order valence-corrected chi connectivity index (χ4v) is 2.40. The van der Waals surface area contributed by atoms with Crippen molar-refractivity contribution in [2.24, 2.45) is 0 Å². The van der Waals surface area contributed by atoms with E-state index >= 15 is 0 Å². The molecule has 1 aromatic carbocycles. The average molecular weight is 282 g/mol. The van der Waals surface area contributed by atoms with Crippen LogP contribution in [0.25, 0.3) is 0 Å². The van der Waals surface area contributed by atoms with Gasteiger partial charge >= 0.3 is 0 Å². The Kier molecular flexibility index (Phi) is 3.32. The molecule has 1 aromatic heterocycles. The number of nitrogens with zero attached hydrogens (tertiary/aromatic N) is 4. The molecule has 1 aliphatic heterocycles. The highest BCUT2D eigenvalue weighted by molar-refractivity contribution is 5.99. The van der Waals surface area contributed by atoms with Crippen LogP contribution in [0, 0.1) is 11.3 Å². The lowest BCUT2D eigenvalue weighted by molar-refractivity contribution is -0.125. The van der Waals surface area contributed by atoms with Gasteiger partial charge in [0, 0.05) is 25.5 Å². The number of imidazole rings is 1. The molecule has 6 nitrogen and oxygen atoms in total. The topological polar surface area (TPSA) is 71.2 Å². The van der Waals surface area contributed by atoms with E-state index in [1.165, 1.54) is 0 Å². The second-order valence-corrected chi connectivity index (χ2v) is 4.77. The first-order chi connectivity index (χ1) is 10.2. The summed E-state index contributed by atoms with van der Waals surface area (Å²) >= 11 is 0. The smallest absolute Gasteiger partial charge is 0.267 e. The Morgan fingerprint density at radius 2 is 2.19 bits per heavy atom. The van der Waals surface area contributed by atoms with Gasteiger partial charge in [0.25, 0.3) is 5.91 Å². The molecule has 0 aliphatic carbocycles. The van der Waals surface area contributed by atoms with E-state index in [1.54, 1.807) is 28.8 Å². The van der Waals surface area contributed by atoms with E-state index in [4.69, 9.17) is 10.00 Å². The molecule has 1 unspecified atom stereocenters. The number of anilines is 1. The molecule has 1 amide bonds. The van der Waals surface area contributed by atoms with Crippen molar-refractivity contribution in [2.75, 3.05) is 11.4 Å². The molecule has 6 heteroatoms. The Morgan fingerprint density at radius 1 is 1.38 bits per heavy atom. The van der Waals surface area contributed by atoms with Gasteiger partial charge in [-0.1, -0.05) is 12.1 Å². The van der Waals surface area contributed by atoms with Crippen molar-refractivity contribution < 1.29 is 9.53 Å². The summed E-state index contributed by atoms with van der Waals surface area (Å²) in [5.41, 5.74) is 0.763. The molecule has 2 aromatic rings. The third-order valence-corrected chi connectivity index (χ3v) is 3.45. The molecule has 0 saturated carbocycles. The lowest BCUT2D eigenvalue weighted by atomic mass is 10.2. The van der Waals surface area contributed by atoms with Crippen molar-refractivity contribution in [3.05, 3.63) is 42.5 Å². The number of rotatable bonds is 3. The summed E-state index contributed by atoms with van der Waals surface area (Å²) in [5.74, 6) is 0.972. The van der Waals surface area contributed by atoms with Crippen molar-refractivity contribution in [2.45, 2.75) is 19.6 Å². The van der Waals surface area contributed by atoms with E-state index in [1.807, 2.05) is 30.3 Å².